The minimum absolute atomic E-state index is 0.0554. The third kappa shape index (κ3) is 5.00. The standard InChI is InChI=1S/C20H21Cl2N3O3S2/c1-13-12-25(19(26)11-16-17(21)8-5-9-18(16)22)20(29-13)23-14-6-4-7-15(10-14)30(27,28)24(2)3/h4-10,13H,11-12H2,1-3H3. The van der Waals surface area contributed by atoms with E-state index in [1.807, 2.05) is 6.92 Å². The molecule has 1 aliphatic rings. The number of rotatable bonds is 5. The number of halogens is 2. The van der Waals surface area contributed by atoms with Crippen LogP contribution in [-0.4, -0.2) is 54.6 Å². The van der Waals surface area contributed by atoms with E-state index in [2.05, 4.69) is 4.99 Å². The van der Waals surface area contributed by atoms with Gasteiger partial charge in [0.15, 0.2) is 5.17 Å². The fraction of sp³-hybridized carbons (Fsp3) is 0.300. The highest BCUT2D eigenvalue weighted by Crippen LogP contribution is 2.31. The first-order chi connectivity index (χ1) is 14.1. The summed E-state index contributed by atoms with van der Waals surface area (Å²) in [6.07, 6.45) is 0.0554. The smallest absolute Gasteiger partial charge is 0.242 e. The van der Waals surface area contributed by atoms with Gasteiger partial charge < -0.3 is 0 Å². The Hall–Kier alpha value is -1.58. The monoisotopic (exact) mass is 485 g/mol. The lowest BCUT2D eigenvalue weighted by atomic mass is 10.1. The van der Waals surface area contributed by atoms with E-state index in [1.165, 1.54) is 38.0 Å². The molecule has 0 aromatic heterocycles. The summed E-state index contributed by atoms with van der Waals surface area (Å²) < 4.78 is 25.9. The molecule has 30 heavy (non-hydrogen) atoms. The first-order valence-electron chi connectivity index (χ1n) is 9.11. The number of hydrogen-bond acceptors (Lipinski definition) is 5. The molecule has 0 bridgehead atoms. The van der Waals surface area contributed by atoms with E-state index >= 15 is 0 Å². The van der Waals surface area contributed by atoms with Gasteiger partial charge in [-0.25, -0.2) is 17.7 Å². The Kier molecular flexibility index (Phi) is 7.14. The molecule has 0 aliphatic carbocycles. The van der Waals surface area contributed by atoms with Gasteiger partial charge in [-0.1, -0.05) is 54.0 Å². The van der Waals surface area contributed by atoms with Crippen LogP contribution in [-0.2, 0) is 21.2 Å². The van der Waals surface area contributed by atoms with E-state index in [4.69, 9.17) is 23.2 Å². The van der Waals surface area contributed by atoms with Crippen LogP contribution in [0.2, 0.25) is 10.0 Å². The molecular weight excluding hydrogens is 465 g/mol. The maximum atomic E-state index is 13.0. The summed E-state index contributed by atoms with van der Waals surface area (Å²) in [6.45, 7) is 2.50. The van der Waals surface area contributed by atoms with E-state index < -0.39 is 10.0 Å². The predicted molar refractivity (Wildman–Crippen MR) is 123 cm³/mol. The maximum Gasteiger partial charge on any atom is 0.242 e. The van der Waals surface area contributed by atoms with Gasteiger partial charge in [-0.15, -0.1) is 0 Å². The van der Waals surface area contributed by atoms with Gasteiger partial charge in [0.1, 0.15) is 0 Å². The summed E-state index contributed by atoms with van der Waals surface area (Å²) in [7, 11) is -0.627. The molecule has 0 radical (unpaired) electrons. The highest BCUT2D eigenvalue weighted by atomic mass is 35.5. The number of thioether (sulfide) groups is 1. The fourth-order valence-corrected chi connectivity index (χ4v) is 5.41. The van der Waals surface area contributed by atoms with Crippen LogP contribution in [0.25, 0.3) is 0 Å². The predicted octanol–water partition coefficient (Wildman–Crippen LogP) is 4.44. The number of amides is 1. The molecule has 1 atom stereocenters. The van der Waals surface area contributed by atoms with Crippen LogP contribution in [0.15, 0.2) is 52.4 Å². The molecule has 6 nitrogen and oxygen atoms in total. The second kappa shape index (κ2) is 9.28. The molecule has 0 spiro atoms. The number of aliphatic imine (C=N–C) groups is 1. The lowest BCUT2D eigenvalue weighted by Gasteiger charge is -2.17. The topological polar surface area (TPSA) is 70.0 Å². The van der Waals surface area contributed by atoms with Gasteiger partial charge in [-0.3, -0.25) is 9.69 Å². The Balaban J connectivity index is 1.90. The maximum absolute atomic E-state index is 13.0. The summed E-state index contributed by atoms with van der Waals surface area (Å²) in [6, 6.07) is 11.5. The van der Waals surface area contributed by atoms with Crippen molar-refractivity contribution in [2.24, 2.45) is 4.99 Å². The Bertz CT molecular complexity index is 1080. The summed E-state index contributed by atoms with van der Waals surface area (Å²) in [5, 5.41) is 1.56. The average molecular weight is 486 g/mol. The molecule has 1 amide bonds. The zero-order valence-electron chi connectivity index (χ0n) is 16.7. The molecule has 1 unspecified atom stereocenters. The van der Waals surface area contributed by atoms with Gasteiger partial charge in [-0.2, -0.15) is 0 Å². The molecule has 1 fully saturated rings. The largest absolute Gasteiger partial charge is 0.290 e. The zero-order valence-corrected chi connectivity index (χ0v) is 19.8. The van der Waals surface area contributed by atoms with Crippen molar-refractivity contribution in [2.75, 3.05) is 20.6 Å². The SMILES string of the molecule is CC1CN(C(=O)Cc2c(Cl)cccc2Cl)C(=Nc2cccc(S(=O)(=O)N(C)C)c2)S1. The van der Waals surface area contributed by atoms with E-state index in [0.29, 0.717) is 33.0 Å². The van der Waals surface area contributed by atoms with E-state index in [0.717, 1.165) is 4.31 Å². The normalized spacial score (nSPS) is 18.4. The molecule has 1 heterocycles. The van der Waals surface area contributed by atoms with Gasteiger partial charge in [0, 0.05) is 35.9 Å². The number of nitrogens with zero attached hydrogens (tertiary/aromatic N) is 3. The highest BCUT2D eigenvalue weighted by Gasteiger charge is 2.31. The fourth-order valence-electron chi connectivity index (χ4n) is 2.89. The zero-order chi connectivity index (χ0) is 22.1. The van der Waals surface area contributed by atoms with Crippen molar-refractivity contribution in [2.45, 2.75) is 23.5 Å². The van der Waals surface area contributed by atoms with Crippen LogP contribution in [0.5, 0.6) is 0 Å². The molecule has 3 rings (SSSR count). The summed E-state index contributed by atoms with van der Waals surface area (Å²) >= 11 is 13.9. The van der Waals surface area contributed by atoms with Crippen LogP contribution in [0.4, 0.5) is 5.69 Å². The van der Waals surface area contributed by atoms with Crippen LogP contribution >= 0.6 is 35.0 Å². The van der Waals surface area contributed by atoms with Crippen LogP contribution in [0.1, 0.15) is 12.5 Å². The third-order valence-corrected chi connectivity index (χ3v) is 8.08. The number of hydrogen-bond donors (Lipinski definition) is 0. The first kappa shape index (κ1) is 23.1. The third-order valence-electron chi connectivity index (χ3n) is 4.49. The van der Waals surface area contributed by atoms with Gasteiger partial charge >= 0.3 is 0 Å². The molecule has 1 aliphatic heterocycles. The highest BCUT2D eigenvalue weighted by molar-refractivity contribution is 8.14. The number of carbonyl (C=O) groups excluding carboxylic acids is 1. The van der Waals surface area contributed by atoms with E-state index in [9.17, 15) is 13.2 Å². The summed E-state index contributed by atoms with van der Waals surface area (Å²) in [5.74, 6) is -0.169. The van der Waals surface area contributed by atoms with Gasteiger partial charge in [0.2, 0.25) is 15.9 Å². The molecular formula is C20H21Cl2N3O3S2. The number of carbonyl (C=O) groups is 1. The minimum Gasteiger partial charge on any atom is -0.290 e. The number of amidine groups is 1. The molecule has 160 valence electrons. The van der Waals surface area contributed by atoms with Gasteiger partial charge in [0.25, 0.3) is 0 Å². The van der Waals surface area contributed by atoms with Crippen molar-refractivity contribution < 1.29 is 13.2 Å². The molecule has 0 saturated carbocycles. The second-order valence-electron chi connectivity index (χ2n) is 6.99. The van der Waals surface area contributed by atoms with Crippen LogP contribution in [0.3, 0.4) is 0 Å². The summed E-state index contributed by atoms with van der Waals surface area (Å²) in [5.41, 5.74) is 1.04. The van der Waals surface area contributed by atoms with Gasteiger partial charge in [-0.05, 0) is 35.9 Å². The van der Waals surface area contributed by atoms with Crippen molar-refractivity contribution in [3.63, 3.8) is 0 Å². The Morgan fingerprint density at radius 2 is 1.83 bits per heavy atom. The van der Waals surface area contributed by atoms with Gasteiger partial charge in [0.05, 0.1) is 17.0 Å². The van der Waals surface area contributed by atoms with Crippen LogP contribution in [0, 0.1) is 0 Å². The lowest BCUT2D eigenvalue weighted by Crippen LogP contribution is -2.33. The number of benzene rings is 2. The Labute approximate surface area is 190 Å². The minimum atomic E-state index is -3.58. The van der Waals surface area contributed by atoms with E-state index in [-0.39, 0.29) is 22.5 Å². The van der Waals surface area contributed by atoms with Crippen molar-refractivity contribution in [3.8, 4) is 0 Å². The molecule has 1 saturated heterocycles. The average Bonchev–Trinajstić information content (AvgIpc) is 3.05. The molecule has 10 heteroatoms. The van der Waals surface area contributed by atoms with Crippen molar-refractivity contribution in [3.05, 3.63) is 58.1 Å². The molecule has 2 aromatic rings. The van der Waals surface area contributed by atoms with Crippen molar-refractivity contribution in [1.29, 1.82) is 0 Å². The quantitative estimate of drug-likeness (QED) is 0.627. The van der Waals surface area contributed by atoms with E-state index in [1.54, 1.807) is 35.2 Å². The summed E-state index contributed by atoms with van der Waals surface area (Å²) in [4.78, 5) is 19.3. The molecule has 2 aromatic carbocycles. The second-order valence-corrected chi connectivity index (χ2v) is 11.4. The molecule has 0 N–H and O–H groups in total. The number of sulfonamides is 1. The van der Waals surface area contributed by atoms with Crippen LogP contribution < -0.4 is 0 Å². The van der Waals surface area contributed by atoms with Crippen molar-refractivity contribution in [1.82, 2.24) is 9.21 Å². The Morgan fingerprint density at radius 1 is 1.20 bits per heavy atom. The van der Waals surface area contributed by atoms with Crippen molar-refractivity contribution >= 4 is 61.7 Å². The Morgan fingerprint density at radius 3 is 2.47 bits per heavy atom. The first-order valence-corrected chi connectivity index (χ1v) is 12.2. The lowest BCUT2D eigenvalue weighted by molar-refractivity contribution is -0.126.